The highest BCUT2D eigenvalue weighted by molar-refractivity contribution is 7.26. The third-order valence-corrected chi connectivity index (χ3v) is 14.7. The molecule has 1 aliphatic heterocycles. The van der Waals surface area contributed by atoms with E-state index in [-0.39, 0.29) is 5.92 Å². The van der Waals surface area contributed by atoms with Gasteiger partial charge in [-0.1, -0.05) is 163 Å². The van der Waals surface area contributed by atoms with Gasteiger partial charge in [-0.3, -0.25) is 0 Å². The Balaban J connectivity index is 1.14. The van der Waals surface area contributed by atoms with Crippen molar-refractivity contribution >= 4 is 100.0 Å². The summed E-state index contributed by atoms with van der Waals surface area (Å²) in [6.07, 6.45) is 0. The summed E-state index contributed by atoms with van der Waals surface area (Å²) in [4.78, 5) is 2.35. The van der Waals surface area contributed by atoms with Gasteiger partial charge < -0.3 is 14.8 Å². The number of rotatable bonds is 9. The highest BCUT2D eigenvalue weighted by atomic mass is 32.1. The maximum absolute atomic E-state index is 3.98. The third kappa shape index (κ3) is 6.65. The minimum Gasteiger partial charge on any atom is -0.355 e. The van der Waals surface area contributed by atoms with Crippen LogP contribution >= 0.6 is 11.3 Å². The van der Waals surface area contributed by atoms with Gasteiger partial charge in [-0.05, 0) is 114 Å². The molecule has 3 heterocycles. The number of aryl methyl sites for hydroxylation is 1. The second kappa shape index (κ2) is 16.1. The second-order valence-electron chi connectivity index (χ2n) is 17.6. The summed E-state index contributed by atoms with van der Waals surface area (Å²) in [6.45, 7) is 2.14. The molecule has 1 N–H and O–H groups in total. The summed E-state index contributed by atoms with van der Waals surface area (Å²) in [5.41, 5.74) is 18.7. The molecule has 1 radical (unpaired) electrons. The Kier molecular flexibility index (Phi) is 9.43. The van der Waals surface area contributed by atoms with Gasteiger partial charge in [0.15, 0.2) is 7.28 Å². The van der Waals surface area contributed by atoms with E-state index in [1.54, 1.807) is 0 Å². The van der Waals surface area contributed by atoms with Crippen molar-refractivity contribution < 1.29 is 0 Å². The van der Waals surface area contributed by atoms with Crippen molar-refractivity contribution in [3.63, 3.8) is 0 Å². The molecule has 0 amide bonds. The highest BCUT2D eigenvalue weighted by Crippen LogP contribution is 2.47. The summed E-state index contributed by atoms with van der Waals surface area (Å²) >= 11 is 1.88. The number of nitrogens with zero attached hydrogens (tertiary/aromatic N) is 2. The molecule has 5 heteroatoms. The minimum absolute atomic E-state index is 0.0430. The van der Waals surface area contributed by atoms with E-state index < -0.39 is 0 Å². The van der Waals surface area contributed by atoms with Crippen molar-refractivity contribution in [2.24, 2.45) is 0 Å². The lowest BCUT2D eigenvalue weighted by Gasteiger charge is -2.29. The van der Waals surface area contributed by atoms with Crippen LogP contribution in [0.2, 0.25) is 0 Å². The number of anilines is 5. The Morgan fingerprint density at radius 2 is 1.12 bits per heavy atom. The first-order chi connectivity index (χ1) is 33.1. The van der Waals surface area contributed by atoms with Crippen molar-refractivity contribution in [2.45, 2.75) is 12.8 Å². The molecule has 0 aliphatic carbocycles. The molecular weight excluding hydrogens is 830 g/mol. The summed E-state index contributed by atoms with van der Waals surface area (Å²) in [5, 5.41) is 9.12. The lowest BCUT2D eigenvalue weighted by Crippen LogP contribution is -2.37. The standard InChI is InChI=1S/C62H43BN3S/c1-40-30-32-43(33-31-40)64-54-36-46(65(44-22-10-4-11-23-44)45-24-12-5-13-25-45)34-35-47(54)51-37-52(59(41-18-6-2-7-19-41)42-20-8-3-9-21-42)60-49-27-14-16-28-55(49)66-56-38-50-48-26-15-17-29-57(48)67-58(50)39-53(56)63-61(51)62(60)66/h2-39,59,64H,1H3. The van der Waals surface area contributed by atoms with Crippen molar-refractivity contribution in [2.75, 3.05) is 10.2 Å². The fourth-order valence-corrected chi connectivity index (χ4v) is 11.7. The van der Waals surface area contributed by atoms with Gasteiger partial charge in [-0.25, -0.2) is 0 Å². The van der Waals surface area contributed by atoms with Crippen molar-refractivity contribution in [1.29, 1.82) is 0 Å². The molecule has 3 nitrogen and oxygen atoms in total. The summed E-state index contributed by atoms with van der Waals surface area (Å²) in [7, 11) is 2.48. The van der Waals surface area contributed by atoms with Gasteiger partial charge in [-0.15, -0.1) is 11.3 Å². The molecule has 0 unspecified atom stereocenters. The zero-order valence-corrected chi connectivity index (χ0v) is 37.7. The van der Waals surface area contributed by atoms with Crippen LogP contribution in [0.25, 0.3) is 58.8 Å². The van der Waals surface area contributed by atoms with Gasteiger partial charge in [0.2, 0.25) is 0 Å². The highest BCUT2D eigenvalue weighted by Gasteiger charge is 2.32. The molecule has 0 saturated carbocycles. The molecule has 0 fully saturated rings. The van der Waals surface area contributed by atoms with E-state index >= 15 is 0 Å². The summed E-state index contributed by atoms with van der Waals surface area (Å²) < 4.78 is 5.19. The average Bonchev–Trinajstić information content (AvgIpc) is 3.93. The van der Waals surface area contributed by atoms with Gasteiger partial charge in [-0.2, -0.15) is 0 Å². The molecule has 0 spiro atoms. The van der Waals surface area contributed by atoms with Crippen LogP contribution in [-0.4, -0.2) is 11.8 Å². The van der Waals surface area contributed by atoms with E-state index in [2.05, 4.69) is 260 Å². The largest absolute Gasteiger partial charge is 0.355 e. The predicted molar refractivity (Wildman–Crippen MR) is 287 cm³/mol. The van der Waals surface area contributed by atoms with Crippen LogP contribution in [0.5, 0.6) is 0 Å². The van der Waals surface area contributed by atoms with Crippen molar-refractivity contribution in [3.05, 3.63) is 253 Å². The van der Waals surface area contributed by atoms with Gasteiger partial charge in [0, 0.05) is 82.1 Å². The van der Waals surface area contributed by atoms with Crippen LogP contribution in [0.1, 0.15) is 28.2 Å². The second-order valence-corrected chi connectivity index (χ2v) is 18.7. The summed E-state index contributed by atoms with van der Waals surface area (Å²) in [6, 6.07) is 84.5. The number of hydrogen-bond donors (Lipinski definition) is 1. The van der Waals surface area contributed by atoms with Gasteiger partial charge in [0.25, 0.3) is 0 Å². The number of para-hydroxylation sites is 3. The minimum atomic E-state index is -0.0430. The molecule has 2 aromatic heterocycles. The van der Waals surface area contributed by atoms with Crippen LogP contribution in [-0.2, 0) is 0 Å². The normalized spacial score (nSPS) is 11.9. The maximum Gasteiger partial charge on any atom is 0.197 e. The smallest absolute Gasteiger partial charge is 0.197 e. The van der Waals surface area contributed by atoms with E-state index in [1.807, 2.05) is 11.3 Å². The van der Waals surface area contributed by atoms with Crippen LogP contribution < -0.4 is 21.1 Å². The van der Waals surface area contributed by atoms with E-state index in [1.165, 1.54) is 86.4 Å². The van der Waals surface area contributed by atoms with E-state index in [4.69, 9.17) is 0 Å². The van der Waals surface area contributed by atoms with E-state index in [9.17, 15) is 0 Å². The number of hydrogen-bond acceptors (Lipinski definition) is 3. The van der Waals surface area contributed by atoms with E-state index in [0.29, 0.717) is 0 Å². The Labute approximate surface area is 395 Å². The third-order valence-electron chi connectivity index (χ3n) is 13.6. The monoisotopic (exact) mass is 872 g/mol. The number of aromatic nitrogens is 1. The molecule has 12 aromatic rings. The molecule has 10 aromatic carbocycles. The van der Waals surface area contributed by atoms with E-state index in [0.717, 1.165) is 34.0 Å². The first-order valence-electron chi connectivity index (χ1n) is 23.0. The Morgan fingerprint density at radius 1 is 0.507 bits per heavy atom. The first kappa shape index (κ1) is 39.3. The predicted octanol–water partition coefficient (Wildman–Crippen LogP) is 15.5. The Hall–Kier alpha value is -8.12. The topological polar surface area (TPSA) is 20.2 Å². The molecule has 0 bridgehead atoms. The fraction of sp³-hybridized carbons (Fsp3) is 0.0323. The quantitative estimate of drug-likeness (QED) is 0.115. The molecule has 1 aliphatic rings. The van der Waals surface area contributed by atoms with Crippen LogP contribution in [0.15, 0.2) is 231 Å². The Bertz CT molecular complexity index is 3730. The van der Waals surface area contributed by atoms with Crippen molar-refractivity contribution in [3.8, 4) is 16.8 Å². The molecule has 315 valence electrons. The van der Waals surface area contributed by atoms with Crippen LogP contribution in [0.4, 0.5) is 28.4 Å². The fourth-order valence-electron chi connectivity index (χ4n) is 10.6. The maximum atomic E-state index is 3.98. The van der Waals surface area contributed by atoms with Crippen LogP contribution in [0, 0.1) is 6.92 Å². The number of fused-ring (bicyclic) bond motifs is 8. The number of thiophene rings is 1. The van der Waals surface area contributed by atoms with Gasteiger partial charge in [0.05, 0.1) is 5.52 Å². The first-order valence-corrected chi connectivity index (χ1v) is 23.8. The molecule has 0 saturated heterocycles. The van der Waals surface area contributed by atoms with Gasteiger partial charge in [0.1, 0.15) is 0 Å². The number of nitrogens with one attached hydrogen (secondary N) is 1. The summed E-state index contributed by atoms with van der Waals surface area (Å²) in [5.74, 6) is -0.0430. The molecular formula is C62H43BN3S. The van der Waals surface area contributed by atoms with Gasteiger partial charge >= 0.3 is 0 Å². The SMILES string of the molecule is Cc1ccc(Nc2cc(N(c3ccccc3)c3ccccc3)ccc2-c2cc(C(c3ccccc3)c3ccccc3)c3c4ccccc4n4c3c2[B]c2cc3sc5ccccc5c3cc2-4)cc1. The van der Waals surface area contributed by atoms with Crippen LogP contribution in [0.3, 0.4) is 0 Å². The number of benzene rings is 10. The molecule has 0 atom stereocenters. The lowest BCUT2D eigenvalue weighted by atomic mass is 9.58. The average molecular weight is 873 g/mol. The zero-order valence-electron chi connectivity index (χ0n) is 36.9. The Morgan fingerprint density at radius 3 is 1.81 bits per heavy atom. The molecule has 13 rings (SSSR count). The lowest BCUT2D eigenvalue weighted by molar-refractivity contribution is 0.990. The van der Waals surface area contributed by atoms with Crippen molar-refractivity contribution in [1.82, 2.24) is 4.57 Å². The zero-order chi connectivity index (χ0) is 44.4. The molecule has 67 heavy (non-hydrogen) atoms.